The Bertz CT molecular complexity index is 936. The Morgan fingerprint density at radius 2 is 1.75 bits per heavy atom. The van der Waals surface area contributed by atoms with Crippen LogP contribution in [0.25, 0.3) is 0 Å². The molecule has 0 saturated carbocycles. The van der Waals surface area contributed by atoms with Gasteiger partial charge in [0.2, 0.25) is 10.0 Å². The zero-order valence-electron chi connectivity index (χ0n) is 12.6. The number of nitrogens with zero attached hydrogens (tertiary/aromatic N) is 2. The summed E-state index contributed by atoms with van der Waals surface area (Å²) < 4.78 is 26.2. The van der Waals surface area contributed by atoms with Crippen molar-refractivity contribution in [2.75, 3.05) is 0 Å². The Morgan fingerprint density at radius 3 is 2.38 bits per heavy atom. The molecule has 0 atom stereocenters. The number of carbonyl (C=O) groups is 1. The van der Waals surface area contributed by atoms with Crippen LogP contribution >= 0.6 is 0 Å². The molecule has 24 heavy (non-hydrogen) atoms. The molecule has 7 heteroatoms. The molecule has 120 valence electrons. The monoisotopic (exact) mass is 339 g/mol. The minimum absolute atomic E-state index is 0.138. The smallest absolute Gasteiger partial charge is 0.264 e. The van der Waals surface area contributed by atoms with E-state index < -0.39 is 15.9 Å². The van der Waals surface area contributed by atoms with Crippen LogP contribution < -0.4 is 4.72 Å². The summed E-state index contributed by atoms with van der Waals surface area (Å²) in [7, 11) is -3.87. The first-order valence-electron chi connectivity index (χ1n) is 6.93. The fourth-order valence-corrected chi connectivity index (χ4v) is 3.15. The van der Waals surface area contributed by atoms with Gasteiger partial charge in [-0.15, -0.1) is 0 Å². The molecule has 1 N–H and O–H groups in total. The Kier molecular flexibility index (Phi) is 5.31. The van der Waals surface area contributed by atoms with Crippen molar-refractivity contribution in [3.8, 4) is 12.1 Å². The van der Waals surface area contributed by atoms with Gasteiger partial charge in [0.25, 0.3) is 5.91 Å². The fraction of sp³-hybridized carbons (Fsp3) is 0.118. The summed E-state index contributed by atoms with van der Waals surface area (Å²) in [6.45, 7) is 0. The summed E-state index contributed by atoms with van der Waals surface area (Å²) in [4.78, 5) is 12.1. The second-order valence-corrected chi connectivity index (χ2v) is 6.76. The van der Waals surface area contributed by atoms with Crippen LogP contribution in [-0.4, -0.2) is 14.3 Å². The first kappa shape index (κ1) is 17.2. The van der Waals surface area contributed by atoms with Crippen molar-refractivity contribution in [1.29, 1.82) is 10.5 Å². The minimum atomic E-state index is -3.87. The zero-order valence-corrected chi connectivity index (χ0v) is 13.4. The summed E-state index contributed by atoms with van der Waals surface area (Å²) in [5, 5.41) is 17.4. The third-order valence-electron chi connectivity index (χ3n) is 3.16. The molecule has 0 unspecified atom stereocenters. The predicted molar refractivity (Wildman–Crippen MR) is 87.0 cm³/mol. The van der Waals surface area contributed by atoms with Crippen molar-refractivity contribution in [2.24, 2.45) is 0 Å². The molecule has 0 spiro atoms. The first-order chi connectivity index (χ1) is 11.4. The Morgan fingerprint density at radius 1 is 1.04 bits per heavy atom. The number of rotatable bonds is 5. The van der Waals surface area contributed by atoms with Crippen LogP contribution in [0.4, 0.5) is 0 Å². The lowest BCUT2D eigenvalue weighted by molar-refractivity contribution is 0.0981. The predicted octanol–water partition coefficient (Wildman–Crippen LogP) is 1.88. The molecule has 0 aromatic heterocycles. The quantitative estimate of drug-likeness (QED) is 0.894. The van der Waals surface area contributed by atoms with E-state index in [0.29, 0.717) is 16.7 Å². The highest BCUT2D eigenvalue weighted by molar-refractivity contribution is 7.89. The normalized spacial score (nSPS) is 10.4. The van der Waals surface area contributed by atoms with E-state index >= 15 is 0 Å². The third kappa shape index (κ3) is 4.67. The van der Waals surface area contributed by atoms with Gasteiger partial charge in [0.1, 0.15) is 0 Å². The van der Waals surface area contributed by atoms with Gasteiger partial charge in [0.05, 0.1) is 29.9 Å². The average Bonchev–Trinajstić information content (AvgIpc) is 2.55. The molecule has 0 fully saturated rings. The number of benzene rings is 2. The number of nitrogens with one attached hydrogen (secondary N) is 1. The minimum Gasteiger partial charge on any atom is -0.268 e. The van der Waals surface area contributed by atoms with Crippen LogP contribution in [0.3, 0.4) is 0 Å². The van der Waals surface area contributed by atoms with E-state index in [-0.39, 0.29) is 17.7 Å². The standard InChI is InChI=1S/C17H13N3O3S/c18-9-8-13-2-1-3-16(10-13)17(21)20-24(22,23)12-15-6-4-14(11-19)5-7-15/h1-7,10H,8,12H2,(H,20,21). The van der Waals surface area contributed by atoms with Crippen molar-refractivity contribution in [2.45, 2.75) is 12.2 Å². The second kappa shape index (κ2) is 7.40. The van der Waals surface area contributed by atoms with Gasteiger partial charge >= 0.3 is 0 Å². The summed E-state index contributed by atoms with van der Waals surface area (Å²) in [6.07, 6.45) is 0.138. The maximum atomic E-state index is 12.1. The van der Waals surface area contributed by atoms with Gasteiger partial charge in [-0.3, -0.25) is 4.79 Å². The highest BCUT2D eigenvalue weighted by Gasteiger charge is 2.17. The van der Waals surface area contributed by atoms with E-state index in [1.54, 1.807) is 12.1 Å². The van der Waals surface area contributed by atoms with E-state index in [2.05, 4.69) is 0 Å². The highest BCUT2D eigenvalue weighted by atomic mass is 32.2. The van der Waals surface area contributed by atoms with E-state index in [1.807, 2.05) is 16.9 Å². The van der Waals surface area contributed by atoms with Crippen LogP contribution in [0.2, 0.25) is 0 Å². The van der Waals surface area contributed by atoms with Gasteiger partial charge in [-0.25, -0.2) is 13.1 Å². The highest BCUT2D eigenvalue weighted by Crippen LogP contribution is 2.09. The maximum Gasteiger partial charge on any atom is 0.264 e. The molecule has 0 heterocycles. The molecule has 0 saturated heterocycles. The van der Waals surface area contributed by atoms with Crippen molar-refractivity contribution < 1.29 is 13.2 Å². The number of hydrogen-bond acceptors (Lipinski definition) is 5. The zero-order chi connectivity index (χ0) is 17.6. The number of carbonyl (C=O) groups excluding carboxylic acids is 1. The van der Waals surface area contributed by atoms with Crippen LogP contribution in [0, 0.1) is 22.7 Å². The molecule has 0 radical (unpaired) electrons. The molecular weight excluding hydrogens is 326 g/mol. The molecule has 2 aromatic carbocycles. The summed E-state index contributed by atoms with van der Waals surface area (Å²) in [6, 6.07) is 16.2. The molecule has 0 bridgehead atoms. The molecule has 6 nitrogen and oxygen atoms in total. The lowest BCUT2D eigenvalue weighted by atomic mass is 10.1. The molecule has 1 amide bonds. The van der Waals surface area contributed by atoms with Crippen LogP contribution in [0.15, 0.2) is 48.5 Å². The van der Waals surface area contributed by atoms with Crippen molar-refractivity contribution in [1.82, 2.24) is 4.72 Å². The fourth-order valence-electron chi connectivity index (χ4n) is 2.04. The number of amides is 1. The Hall–Kier alpha value is -3.16. The first-order valence-corrected chi connectivity index (χ1v) is 8.58. The van der Waals surface area contributed by atoms with Gasteiger partial charge < -0.3 is 0 Å². The van der Waals surface area contributed by atoms with Crippen LogP contribution in [0.5, 0.6) is 0 Å². The van der Waals surface area contributed by atoms with Gasteiger partial charge in [0.15, 0.2) is 0 Å². The Labute approximate surface area is 140 Å². The van der Waals surface area contributed by atoms with E-state index in [0.717, 1.165) is 0 Å². The summed E-state index contributed by atoms with van der Waals surface area (Å²) >= 11 is 0. The Balaban J connectivity index is 2.10. The largest absolute Gasteiger partial charge is 0.268 e. The van der Waals surface area contributed by atoms with Crippen molar-refractivity contribution in [3.63, 3.8) is 0 Å². The summed E-state index contributed by atoms with van der Waals surface area (Å²) in [5.74, 6) is -1.12. The lowest BCUT2D eigenvalue weighted by Crippen LogP contribution is -2.31. The average molecular weight is 339 g/mol. The number of sulfonamides is 1. The third-order valence-corrected chi connectivity index (χ3v) is 4.37. The van der Waals surface area contributed by atoms with Gasteiger partial charge in [0, 0.05) is 5.56 Å². The molecule has 0 aliphatic carbocycles. The van der Waals surface area contributed by atoms with E-state index in [4.69, 9.17) is 10.5 Å². The van der Waals surface area contributed by atoms with Crippen LogP contribution in [0.1, 0.15) is 27.0 Å². The molecule has 0 aliphatic rings. The van der Waals surface area contributed by atoms with Gasteiger partial charge in [-0.05, 0) is 35.4 Å². The van der Waals surface area contributed by atoms with E-state index in [1.165, 1.54) is 36.4 Å². The summed E-state index contributed by atoms with van der Waals surface area (Å²) in [5.41, 5.74) is 1.70. The van der Waals surface area contributed by atoms with Gasteiger partial charge in [-0.1, -0.05) is 24.3 Å². The van der Waals surface area contributed by atoms with Crippen molar-refractivity contribution >= 4 is 15.9 Å². The van der Waals surface area contributed by atoms with E-state index in [9.17, 15) is 13.2 Å². The molecule has 0 aliphatic heterocycles. The second-order valence-electron chi connectivity index (χ2n) is 5.03. The van der Waals surface area contributed by atoms with Crippen molar-refractivity contribution in [3.05, 3.63) is 70.8 Å². The number of hydrogen-bond donors (Lipinski definition) is 1. The topological polar surface area (TPSA) is 111 Å². The van der Waals surface area contributed by atoms with Gasteiger partial charge in [-0.2, -0.15) is 10.5 Å². The van der Waals surface area contributed by atoms with Crippen LogP contribution in [-0.2, 0) is 22.2 Å². The maximum absolute atomic E-state index is 12.1. The molecule has 2 aromatic rings. The molecular formula is C17H13N3O3S. The number of nitriles is 2. The molecule has 2 rings (SSSR count). The SMILES string of the molecule is N#CCc1cccc(C(=O)NS(=O)(=O)Cc2ccc(C#N)cc2)c1. The lowest BCUT2D eigenvalue weighted by Gasteiger charge is -2.08.